The number of allylic oxidation sites excluding steroid dienone is 13. The van der Waals surface area contributed by atoms with Crippen molar-refractivity contribution in [3.05, 3.63) is 85.1 Å². The summed E-state index contributed by atoms with van der Waals surface area (Å²) in [4.78, 5) is 26.6. The Bertz CT molecular complexity index is 1610. The molecule has 0 bridgehead atoms. The van der Waals surface area contributed by atoms with Crippen LogP contribution in [-0.4, -0.2) is 99.6 Å². The van der Waals surface area contributed by atoms with Gasteiger partial charge in [0.2, 0.25) is 5.91 Å². The molecule has 1 saturated heterocycles. The SMILES string of the molecule is CC/C=C\C/C=C\C/C=C\C/C=C\C/C=C\C/C=C\CCCCCCCC(O)C(=O)NC(COC1OC(CO)C(O)C(O)C1OC(=O)CCCCCCCCCCCCCCC)C(O)/C=C/CCCCCCCCCCCCC. The first kappa shape index (κ1) is 73.9. The maximum Gasteiger partial charge on any atom is 0.306 e. The summed E-state index contributed by atoms with van der Waals surface area (Å²) in [5.41, 5.74) is 0. The first-order valence-corrected chi connectivity index (χ1v) is 32.4. The van der Waals surface area contributed by atoms with Gasteiger partial charge in [0, 0.05) is 6.42 Å². The zero-order valence-corrected chi connectivity index (χ0v) is 50.5. The van der Waals surface area contributed by atoms with Crippen LogP contribution in [0.15, 0.2) is 85.1 Å². The normalized spacial score (nSPS) is 19.4. The van der Waals surface area contributed by atoms with Crippen LogP contribution >= 0.6 is 0 Å². The van der Waals surface area contributed by atoms with E-state index < -0.39 is 67.4 Å². The molecule has 11 nitrogen and oxygen atoms in total. The first-order valence-electron chi connectivity index (χ1n) is 32.4. The van der Waals surface area contributed by atoms with Crippen LogP contribution in [0.3, 0.4) is 0 Å². The summed E-state index contributed by atoms with van der Waals surface area (Å²) >= 11 is 0. The highest BCUT2D eigenvalue weighted by Crippen LogP contribution is 2.26. The quantitative estimate of drug-likeness (QED) is 0.0195. The number of nitrogens with one attached hydrogen (secondary N) is 1. The zero-order chi connectivity index (χ0) is 57.5. The minimum atomic E-state index is -1.62. The number of carbonyl (C=O) groups is 2. The number of ether oxygens (including phenoxy) is 3. The van der Waals surface area contributed by atoms with Crippen LogP contribution in [0.5, 0.6) is 0 Å². The number of unbranched alkanes of at least 4 members (excludes halogenated alkanes) is 28. The van der Waals surface area contributed by atoms with Gasteiger partial charge in [-0.05, 0) is 77.0 Å². The molecule has 0 radical (unpaired) electrons. The lowest BCUT2D eigenvalue weighted by Gasteiger charge is -2.41. The average Bonchev–Trinajstić information content (AvgIpc) is 3.48. The van der Waals surface area contributed by atoms with Crippen LogP contribution in [0.4, 0.5) is 0 Å². The molecule has 0 aromatic carbocycles. The summed E-state index contributed by atoms with van der Waals surface area (Å²) in [7, 11) is 0. The molecular formula is C68H119NO10. The summed E-state index contributed by atoms with van der Waals surface area (Å²) < 4.78 is 17.6. The van der Waals surface area contributed by atoms with E-state index in [9.17, 15) is 35.1 Å². The molecule has 0 aromatic rings. The Hall–Kier alpha value is -3.16. The van der Waals surface area contributed by atoms with E-state index in [4.69, 9.17) is 14.2 Å². The summed E-state index contributed by atoms with van der Waals surface area (Å²) in [6, 6.07) is -1.04. The molecule has 1 heterocycles. The predicted octanol–water partition coefficient (Wildman–Crippen LogP) is 15.7. The van der Waals surface area contributed by atoms with Crippen molar-refractivity contribution in [2.75, 3.05) is 13.2 Å². The van der Waals surface area contributed by atoms with Crippen molar-refractivity contribution in [3.63, 3.8) is 0 Å². The maximum atomic E-state index is 13.4. The van der Waals surface area contributed by atoms with Gasteiger partial charge in [-0.15, -0.1) is 0 Å². The van der Waals surface area contributed by atoms with E-state index in [0.29, 0.717) is 12.8 Å². The minimum Gasteiger partial charge on any atom is -0.454 e. The van der Waals surface area contributed by atoms with Gasteiger partial charge >= 0.3 is 5.97 Å². The second kappa shape index (κ2) is 55.4. The van der Waals surface area contributed by atoms with Gasteiger partial charge in [0.05, 0.1) is 25.4 Å². The fraction of sp³-hybridized carbons (Fsp3) is 0.765. The molecule has 1 aliphatic heterocycles. The van der Waals surface area contributed by atoms with E-state index in [1.165, 1.54) is 116 Å². The van der Waals surface area contributed by atoms with Gasteiger partial charge in [0.15, 0.2) is 12.4 Å². The third kappa shape index (κ3) is 43.2. The van der Waals surface area contributed by atoms with E-state index >= 15 is 0 Å². The van der Waals surface area contributed by atoms with Gasteiger partial charge in [0.1, 0.15) is 24.4 Å². The van der Waals surface area contributed by atoms with Crippen LogP contribution in [0.2, 0.25) is 0 Å². The van der Waals surface area contributed by atoms with Crippen molar-refractivity contribution in [1.29, 1.82) is 0 Å². The number of amides is 1. The fourth-order valence-corrected chi connectivity index (χ4v) is 9.71. The van der Waals surface area contributed by atoms with E-state index in [1.807, 2.05) is 6.08 Å². The van der Waals surface area contributed by atoms with Crippen molar-refractivity contribution in [1.82, 2.24) is 5.32 Å². The molecule has 79 heavy (non-hydrogen) atoms. The van der Waals surface area contributed by atoms with Gasteiger partial charge in [-0.3, -0.25) is 9.59 Å². The van der Waals surface area contributed by atoms with Crippen molar-refractivity contribution in [3.8, 4) is 0 Å². The number of esters is 1. The molecule has 1 aliphatic rings. The third-order valence-corrected chi connectivity index (χ3v) is 14.8. The molecule has 1 rings (SSSR count). The first-order chi connectivity index (χ1) is 38.7. The van der Waals surface area contributed by atoms with E-state index in [-0.39, 0.29) is 19.4 Å². The third-order valence-electron chi connectivity index (χ3n) is 14.8. The zero-order valence-electron chi connectivity index (χ0n) is 50.5. The van der Waals surface area contributed by atoms with Crippen LogP contribution in [0, 0.1) is 0 Å². The number of hydrogen-bond donors (Lipinski definition) is 6. The van der Waals surface area contributed by atoms with Crippen LogP contribution in [0.1, 0.15) is 271 Å². The lowest BCUT2D eigenvalue weighted by molar-refractivity contribution is -0.305. The molecule has 8 atom stereocenters. The summed E-state index contributed by atoms with van der Waals surface area (Å²) in [5.74, 6) is -1.21. The van der Waals surface area contributed by atoms with Gasteiger partial charge in [-0.25, -0.2) is 0 Å². The minimum absolute atomic E-state index is 0.122. The molecule has 456 valence electrons. The maximum absolute atomic E-state index is 13.4. The van der Waals surface area contributed by atoms with Crippen LogP contribution in [0.25, 0.3) is 0 Å². The Morgan fingerprint density at radius 1 is 0.506 bits per heavy atom. The van der Waals surface area contributed by atoms with Gasteiger partial charge < -0.3 is 45.1 Å². The van der Waals surface area contributed by atoms with Gasteiger partial charge in [0.25, 0.3) is 0 Å². The van der Waals surface area contributed by atoms with Gasteiger partial charge in [-0.1, -0.05) is 273 Å². The highest BCUT2D eigenvalue weighted by Gasteiger charge is 2.47. The second-order valence-corrected chi connectivity index (χ2v) is 22.1. The standard InChI is InChI=1S/C68H119NO10/c1-4-7-10-13-16-19-22-25-26-27-28-29-30-31-32-33-34-35-38-40-43-46-49-52-55-61(72)67(76)69-59(60(71)54-51-48-45-42-39-36-23-20-17-14-11-8-5-2)58-77-68-66(65(75)64(74)62(57-70)78-68)79-63(73)56-53-50-47-44-41-37-24-21-18-15-12-9-6-3/h7,10,16,19,25-26,28-29,31-32,34-35,51,54,59-62,64-66,68,70-72,74-75H,4-6,8-9,11-15,17-18,20-24,27,30,33,36-50,52-53,55-58H2,1-3H3,(H,69,76)/b10-7-,19-16-,26-25-,29-28-,32-31-,35-34-,54-51+. The molecule has 1 fully saturated rings. The molecular weight excluding hydrogens is 991 g/mol. The fourth-order valence-electron chi connectivity index (χ4n) is 9.71. The Balaban J connectivity index is 2.66. The summed E-state index contributed by atoms with van der Waals surface area (Å²) in [6.45, 7) is 5.67. The van der Waals surface area contributed by atoms with Crippen molar-refractivity contribution in [2.24, 2.45) is 0 Å². The lowest BCUT2D eigenvalue weighted by atomic mass is 9.99. The topological polar surface area (TPSA) is 175 Å². The summed E-state index contributed by atoms with van der Waals surface area (Å²) in [6.07, 6.45) is 61.9. The number of aliphatic hydroxyl groups excluding tert-OH is 5. The largest absolute Gasteiger partial charge is 0.454 e. The summed E-state index contributed by atoms with van der Waals surface area (Å²) in [5, 5.41) is 57.0. The molecule has 0 aromatic heterocycles. The van der Waals surface area contributed by atoms with Crippen molar-refractivity contribution >= 4 is 11.9 Å². The monoisotopic (exact) mass is 1110 g/mol. The van der Waals surface area contributed by atoms with Crippen LogP contribution in [-0.2, 0) is 23.8 Å². The number of carbonyl (C=O) groups excluding carboxylic acids is 2. The highest BCUT2D eigenvalue weighted by molar-refractivity contribution is 5.80. The lowest BCUT2D eigenvalue weighted by Crippen LogP contribution is -2.61. The van der Waals surface area contributed by atoms with E-state index in [0.717, 1.165) is 109 Å². The Morgan fingerprint density at radius 3 is 1.37 bits per heavy atom. The second-order valence-electron chi connectivity index (χ2n) is 22.1. The molecule has 11 heteroatoms. The van der Waals surface area contributed by atoms with Crippen molar-refractivity contribution < 1.29 is 49.3 Å². The molecule has 8 unspecified atom stereocenters. The van der Waals surface area contributed by atoms with E-state index in [1.54, 1.807) is 6.08 Å². The van der Waals surface area contributed by atoms with Gasteiger partial charge in [-0.2, -0.15) is 0 Å². The Kier molecular flexibility index (Phi) is 51.8. The molecule has 1 amide bonds. The average molecular weight is 1110 g/mol. The number of rotatable bonds is 54. The van der Waals surface area contributed by atoms with Crippen LogP contribution < -0.4 is 5.32 Å². The highest BCUT2D eigenvalue weighted by atomic mass is 16.7. The molecule has 0 spiro atoms. The Morgan fingerprint density at radius 2 is 0.911 bits per heavy atom. The number of hydrogen-bond acceptors (Lipinski definition) is 10. The molecule has 0 saturated carbocycles. The molecule has 0 aliphatic carbocycles. The Labute approximate surface area is 483 Å². The van der Waals surface area contributed by atoms with Crippen molar-refractivity contribution in [2.45, 2.75) is 320 Å². The number of aliphatic hydroxyl groups is 5. The molecule has 6 N–H and O–H groups in total. The van der Waals surface area contributed by atoms with E-state index in [2.05, 4.69) is 99.0 Å². The smallest absolute Gasteiger partial charge is 0.306 e. The predicted molar refractivity (Wildman–Crippen MR) is 329 cm³/mol.